The van der Waals surface area contributed by atoms with Crippen molar-refractivity contribution >= 4 is 12.3 Å². The van der Waals surface area contributed by atoms with E-state index in [1.165, 1.54) is 0 Å². The molecule has 2 amide bonds. The first-order chi connectivity index (χ1) is 5.77. The van der Waals surface area contributed by atoms with Crippen LogP contribution in [-0.2, 0) is 9.59 Å². The van der Waals surface area contributed by atoms with Gasteiger partial charge < -0.3 is 9.80 Å². The van der Waals surface area contributed by atoms with E-state index >= 15 is 0 Å². The predicted octanol–water partition coefficient (Wildman–Crippen LogP) is -0.303. The van der Waals surface area contributed by atoms with Crippen LogP contribution in [0, 0.1) is 0 Å². The van der Waals surface area contributed by atoms with Crippen LogP contribution in [0.3, 0.4) is 0 Å². The van der Waals surface area contributed by atoms with Crippen LogP contribution in [-0.4, -0.2) is 48.3 Å². The minimum absolute atomic E-state index is 0.181. The van der Waals surface area contributed by atoms with Gasteiger partial charge in [0.25, 0.3) is 0 Å². The summed E-state index contributed by atoms with van der Waals surface area (Å²) in [5, 5.41) is 0. The fourth-order valence-corrected chi connectivity index (χ4v) is 1.30. The number of carbonyl (C=O) groups excluding carboxylic acids is 2. The lowest BCUT2D eigenvalue weighted by molar-refractivity contribution is -0.134. The van der Waals surface area contributed by atoms with Crippen molar-refractivity contribution in [3.8, 4) is 0 Å². The highest BCUT2D eigenvalue weighted by Crippen LogP contribution is 2.01. The van der Waals surface area contributed by atoms with Crippen molar-refractivity contribution in [3.63, 3.8) is 0 Å². The van der Waals surface area contributed by atoms with E-state index in [1.807, 2.05) is 6.92 Å². The van der Waals surface area contributed by atoms with Crippen molar-refractivity contribution in [2.24, 2.45) is 0 Å². The average Bonchev–Trinajstić information content (AvgIpc) is 2.17. The molecule has 0 saturated carbocycles. The molecule has 4 nitrogen and oxygen atoms in total. The second-order valence-electron chi connectivity index (χ2n) is 2.88. The summed E-state index contributed by atoms with van der Waals surface area (Å²) in [6.45, 7) is 4.58. The van der Waals surface area contributed by atoms with Crippen molar-refractivity contribution in [1.82, 2.24) is 9.80 Å². The molecule has 1 rings (SSSR count). The van der Waals surface area contributed by atoms with Gasteiger partial charge in [0, 0.05) is 32.6 Å². The molecule has 68 valence electrons. The molecule has 0 radical (unpaired) electrons. The first kappa shape index (κ1) is 9.03. The van der Waals surface area contributed by atoms with Gasteiger partial charge >= 0.3 is 0 Å². The van der Waals surface area contributed by atoms with E-state index in [4.69, 9.17) is 0 Å². The highest BCUT2D eigenvalue weighted by molar-refractivity contribution is 5.76. The molecule has 0 aromatic rings. The highest BCUT2D eigenvalue weighted by atomic mass is 16.2. The summed E-state index contributed by atoms with van der Waals surface area (Å²) >= 11 is 0. The summed E-state index contributed by atoms with van der Waals surface area (Å²) in [5.74, 6) is 0.181. The van der Waals surface area contributed by atoms with Crippen molar-refractivity contribution in [2.75, 3.05) is 26.2 Å². The Bertz CT molecular complexity index is 174. The molecule has 12 heavy (non-hydrogen) atoms. The summed E-state index contributed by atoms with van der Waals surface area (Å²) in [4.78, 5) is 25.0. The summed E-state index contributed by atoms with van der Waals surface area (Å²) in [7, 11) is 0. The summed E-state index contributed by atoms with van der Waals surface area (Å²) in [6.07, 6.45) is 1.40. The third kappa shape index (κ3) is 1.96. The van der Waals surface area contributed by atoms with Gasteiger partial charge in [-0.25, -0.2) is 0 Å². The van der Waals surface area contributed by atoms with Gasteiger partial charge in [0.15, 0.2) is 0 Å². The van der Waals surface area contributed by atoms with E-state index in [2.05, 4.69) is 0 Å². The Morgan fingerprint density at radius 1 is 1.33 bits per heavy atom. The topological polar surface area (TPSA) is 40.6 Å². The zero-order valence-corrected chi connectivity index (χ0v) is 7.32. The van der Waals surface area contributed by atoms with Gasteiger partial charge in [0.05, 0.1) is 0 Å². The van der Waals surface area contributed by atoms with E-state index in [0.717, 1.165) is 6.41 Å². The van der Waals surface area contributed by atoms with Crippen LogP contribution in [0.2, 0.25) is 0 Å². The lowest BCUT2D eigenvalue weighted by Crippen LogP contribution is -2.47. The van der Waals surface area contributed by atoms with Crippen LogP contribution in [0.4, 0.5) is 0 Å². The van der Waals surface area contributed by atoms with E-state index < -0.39 is 0 Å². The molecule has 1 aliphatic rings. The van der Waals surface area contributed by atoms with Gasteiger partial charge in [-0.2, -0.15) is 0 Å². The van der Waals surface area contributed by atoms with Crippen LogP contribution in [0.15, 0.2) is 0 Å². The van der Waals surface area contributed by atoms with Gasteiger partial charge in [-0.1, -0.05) is 6.92 Å². The number of piperazine rings is 1. The van der Waals surface area contributed by atoms with Gasteiger partial charge in [-0.3, -0.25) is 9.59 Å². The molecule has 0 unspecified atom stereocenters. The Hall–Kier alpha value is -1.06. The van der Waals surface area contributed by atoms with Gasteiger partial charge in [-0.15, -0.1) is 0 Å². The molecular weight excluding hydrogens is 156 g/mol. The molecule has 1 heterocycles. The first-order valence-corrected chi connectivity index (χ1v) is 4.25. The Kier molecular flexibility index (Phi) is 3.08. The van der Waals surface area contributed by atoms with Gasteiger partial charge in [0.1, 0.15) is 0 Å². The second-order valence-corrected chi connectivity index (χ2v) is 2.88. The molecule has 1 fully saturated rings. The molecule has 0 spiro atoms. The molecule has 1 saturated heterocycles. The van der Waals surface area contributed by atoms with E-state index in [9.17, 15) is 9.59 Å². The maximum Gasteiger partial charge on any atom is 0.222 e. The van der Waals surface area contributed by atoms with Gasteiger partial charge in [0.2, 0.25) is 12.3 Å². The van der Waals surface area contributed by atoms with E-state index in [0.29, 0.717) is 32.6 Å². The van der Waals surface area contributed by atoms with Crippen LogP contribution in [0.5, 0.6) is 0 Å². The Labute approximate surface area is 72.1 Å². The van der Waals surface area contributed by atoms with Crippen LogP contribution in [0.25, 0.3) is 0 Å². The summed E-state index contributed by atoms with van der Waals surface area (Å²) < 4.78 is 0. The molecule has 0 N–H and O–H groups in total. The van der Waals surface area contributed by atoms with Gasteiger partial charge in [-0.05, 0) is 0 Å². The average molecular weight is 170 g/mol. The minimum Gasteiger partial charge on any atom is -0.342 e. The smallest absolute Gasteiger partial charge is 0.222 e. The molecule has 0 atom stereocenters. The molecule has 0 aromatic carbocycles. The highest BCUT2D eigenvalue weighted by Gasteiger charge is 2.17. The number of hydrogen-bond acceptors (Lipinski definition) is 2. The van der Waals surface area contributed by atoms with Crippen molar-refractivity contribution in [2.45, 2.75) is 13.3 Å². The van der Waals surface area contributed by atoms with Crippen molar-refractivity contribution in [1.29, 1.82) is 0 Å². The largest absolute Gasteiger partial charge is 0.342 e. The number of nitrogens with zero attached hydrogens (tertiary/aromatic N) is 2. The second kappa shape index (κ2) is 4.09. The minimum atomic E-state index is 0.181. The third-order valence-corrected chi connectivity index (χ3v) is 2.12. The van der Waals surface area contributed by atoms with Crippen LogP contribution < -0.4 is 0 Å². The predicted molar refractivity (Wildman–Crippen MR) is 44.5 cm³/mol. The molecule has 0 aliphatic carbocycles. The SMILES string of the molecule is CCC(=O)N1CCN(C=O)CC1. The number of hydrogen-bond donors (Lipinski definition) is 0. The summed E-state index contributed by atoms with van der Waals surface area (Å²) in [6, 6.07) is 0. The number of rotatable bonds is 2. The van der Waals surface area contributed by atoms with E-state index in [1.54, 1.807) is 9.80 Å². The maximum atomic E-state index is 11.2. The maximum absolute atomic E-state index is 11.2. The van der Waals surface area contributed by atoms with Crippen molar-refractivity contribution in [3.05, 3.63) is 0 Å². The molecule has 0 aromatic heterocycles. The standard InChI is InChI=1S/C8H14N2O2/c1-2-8(12)10-5-3-9(7-11)4-6-10/h7H,2-6H2,1H3. The quantitative estimate of drug-likeness (QED) is 0.534. The normalized spacial score (nSPS) is 17.8. The fraction of sp³-hybridized carbons (Fsp3) is 0.750. The first-order valence-electron chi connectivity index (χ1n) is 4.25. The lowest BCUT2D eigenvalue weighted by atomic mass is 10.3. The summed E-state index contributed by atoms with van der Waals surface area (Å²) in [5.41, 5.74) is 0. The molecule has 4 heteroatoms. The Morgan fingerprint density at radius 2 is 1.92 bits per heavy atom. The molecule has 0 bridgehead atoms. The van der Waals surface area contributed by atoms with Crippen LogP contribution >= 0.6 is 0 Å². The van der Waals surface area contributed by atoms with Crippen molar-refractivity contribution < 1.29 is 9.59 Å². The number of carbonyl (C=O) groups is 2. The lowest BCUT2D eigenvalue weighted by Gasteiger charge is -2.32. The molecular formula is C8H14N2O2. The Balaban J connectivity index is 2.35. The number of amides is 2. The fourth-order valence-electron chi connectivity index (χ4n) is 1.30. The van der Waals surface area contributed by atoms with E-state index in [-0.39, 0.29) is 5.91 Å². The zero-order chi connectivity index (χ0) is 8.97. The Morgan fingerprint density at radius 3 is 2.33 bits per heavy atom. The third-order valence-electron chi connectivity index (χ3n) is 2.12. The molecule has 1 aliphatic heterocycles. The van der Waals surface area contributed by atoms with Crippen LogP contribution in [0.1, 0.15) is 13.3 Å². The zero-order valence-electron chi connectivity index (χ0n) is 7.32. The monoisotopic (exact) mass is 170 g/mol.